The third-order valence-electron chi connectivity index (χ3n) is 3.16. The topological polar surface area (TPSA) is 118 Å². The smallest absolute Gasteiger partial charge is 0.273 e. The third kappa shape index (κ3) is 5.60. The number of hydrogen-bond donors (Lipinski definition) is 3. The minimum absolute atomic E-state index is 0. The molecule has 1 saturated carbocycles. The van der Waals surface area contributed by atoms with Crippen LogP contribution in [0.2, 0.25) is 0 Å². The van der Waals surface area contributed by atoms with Crippen molar-refractivity contribution in [3.63, 3.8) is 0 Å². The number of halogens is 3. The molecule has 1 fully saturated rings. The van der Waals surface area contributed by atoms with E-state index in [-0.39, 0.29) is 28.2 Å². The van der Waals surface area contributed by atoms with Gasteiger partial charge in [-0.05, 0) is 37.1 Å². The van der Waals surface area contributed by atoms with Crippen molar-refractivity contribution in [2.45, 2.75) is 34.6 Å². The average molecular weight is 406 g/mol. The van der Waals surface area contributed by atoms with Crippen LogP contribution in [-0.4, -0.2) is 41.9 Å². The van der Waals surface area contributed by atoms with E-state index in [1.165, 1.54) is 0 Å². The molecule has 1 aromatic rings. The van der Waals surface area contributed by atoms with Gasteiger partial charge in [0.25, 0.3) is 5.92 Å². The Balaban J connectivity index is 0.00000288. The average Bonchev–Trinajstić information content (AvgIpc) is 3.29. The number of hydrogen-bond acceptors (Lipinski definition) is 5. The van der Waals surface area contributed by atoms with Crippen LogP contribution in [0.5, 0.6) is 0 Å². The van der Waals surface area contributed by atoms with E-state index in [0.717, 1.165) is 37.1 Å². The highest BCUT2D eigenvalue weighted by atomic mass is 35.5. The number of nitrogens with two attached hydrogens (primary N) is 1. The molecule has 0 radical (unpaired) electrons. The fraction of sp³-hybridized carbons (Fsp3) is 0.500. The molecule has 0 unspecified atom stereocenters. The maximum atomic E-state index is 13.0. The fourth-order valence-electron chi connectivity index (χ4n) is 1.64. The van der Waals surface area contributed by atoms with Crippen molar-refractivity contribution >= 4 is 32.5 Å². The molecule has 1 aliphatic rings. The molecule has 0 aromatic heterocycles. The second-order valence-electron chi connectivity index (χ2n) is 5.25. The zero-order valence-electron chi connectivity index (χ0n) is 12.4. The van der Waals surface area contributed by atoms with Gasteiger partial charge in [0, 0.05) is 6.04 Å². The second-order valence-corrected chi connectivity index (χ2v) is 8.73. The molecule has 0 atom stereocenters. The van der Waals surface area contributed by atoms with E-state index in [1.54, 1.807) is 4.72 Å². The molecule has 138 valence electrons. The minimum Gasteiger partial charge on any atom is -0.325 e. The van der Waals surface area contributed by atoms with Crippen molar-refractivity contribution in [2.24, 2.45) is 5.73 Å². The number of benzene rings is 1. The first-order valence-electron chi connectivity index (χ1n) is 6.76. The molecule has 4 N–H and O–H groups in total. The van der Waals surface area contributed by atoms with Gasteiger partial charge in [-0.25, -0.2) is 35.1 Å². The van der Waals surface area contributed by atoms with Crippen LogP contribution in [0.1, 0.15) is 12.8 Å². The summed E-state index contributed by atoms with van der Waals surface area (Å²) in [6, 6.07) is 4.23. The summed E-state index contributed by atoms with van der Waals surface area (Å²) in [6.45, 7) is -2.12. The van der Waals surface area contributed by atoms with Crippen molar-refractivity contribution in [1.82, 2.24) is 9.44 Å². The summed E-state index contributed by atoms with van der Waals surface area (Å²) >= 11 is 0. The van der Waals surface area contributed by atoms with Crippen LogP contribution in [0.25, 0.3) is 0 Å². The first-order chi connectivity index (χ1) is 10.6. The Kier molecular flexibility index (Phi) is 6.70. The van der Waals surface area contributed by atoms with Crippen molar-refractivity contribution in [3.05, 3.63) is 24.3 Å². The maximum absolute atomic E-state index is 13.0. The van der Waals surface area contributed by atoms with Crippen LogP contribution >= 0.6 is 12.4 Å². The molecule has 0 aliphatic heterocycles. The number of sulfonamides is 2. The van der Waals surface area contributed by atoms with Crippen LogP contribution in [0.15, 0.2) is 34.1 Å². The van der Waals surface area contributed by atoms with Gasteiger partial charge in [0.1, 0.15) is 0 Å². The Bertz CT molecular complexity index is 766. The zero-order valence-corrected chi connectivity index (χ0v) is 14.9. The lowest BCUT2D eigenvalue weighted by molar-refractivity contribution is 0.0170. The Morgan fingerprint density at radius 1 is 1.04 bits per heavy atom. The second kappa shape index (κ2) is 7.58. The Morgan fingerprint density at radius 3 is 1.92 bits per heavy atom. The lowest BCUT2D eigenvalue weighted by Gasteiger charge is -2.15. The molecule has 24 heavy (non-hydrogen) atoms. The van der Waals surface area contributed by atoms with E-state index >= 15 is 0 Å². The number of nitrogens with one attached hydrogen (secondary N) is 2. The Morgan fingerprint density at radius 2 is 1.50 bits per heavy atom. The standard InChI is InChI=1S/C12H17F2N3O4S2.ClH/c13-12(14,7-15)8-16-22(18,19)10-3-5-11(6-4-10)23(20,21)17-9-1-2-9;/h3-6,9,16-17H,1-2,7-8,15H2;1H. The zero-order chi connectivity index (χ0) is 17.3. The summed E-state index contributed by atoms with van der Waals surface area (Å²) in [5, 5.41) is 0. The van der Waals surface area contributed by atoms with Crippen molar-refractivity contribution in [2.75, 3.05) is 13.1 Å². The van der Waals surface area contributed by atoms with Gasteiger partial charge in [0.05, 0.1) is 22.9 Å². The van der Waals surface area contributed by atoms with Crippen molar-refractivity contribution < 1.29 is 25.6 Å². The molecule has 1 aliphatic carbocycles. The van der Waals surface area contributed by atoms with Crippen molar-refractivity contribution in [3.8, 4) is 0 Å². The van der Waals surface area contributed by atoms with Crippen LogP contribution in [0.4, 0.5) is 8.78 Å². The minimum atomic E-state index is -4.18. The van der Waals surface area contributed by atoms with Gasteiger partial charge in [0.2, 0.25) is 20.0 Å². The largest absolute Gasteiger partial charge is 0.325 e. The Labute approximate surface area is 145 Å². The van der Waals surface area contributed by atoms with E-state index in [1.807, 2.05) is 0 Å². The SMILES string of the molecule is Cl.NCC(F)(F)CNS(=O)(=O)c1ccc(S(=O)(=O)NC2CC2)cc1. The van der Waals surface area contributed by atoms with Gasteiger partial charge < -0.3 is 5.73 Å². The Hall–Kier alpha value is -0.850. The number of alkyl halides is 2. The normalized spacial score (nSPS) is 15.8. The van der Waals surface area contributed by atoms with E-state index < -0.39 is 39.1 Å². The van der Waals surface area contributed by atoms with E-state index in [9.17, 15) is 25.6 Å². The predicted molar refractivity (Wildman–Crippen MR) is 86.2 cm³/mol. The summed E-state index contributed by atoms with van der Waals surface area (Å²) < 4.78 is 77.9. The molecule has 1 aromatic carbocycles. The molecule has 12 heteroatoms. The highest BCUT2D eigenvalue weighted by Gasteiger charge is 2.30. The molecular formula is C12H18ClF2N3O4S2. The van der Waals surface area contributed by atoms with Gasteiger partial charge in [-0.1, -0.05) is 0 Å². The highest BCUT2D eigenvalue weighted by molar-refractivity contribution is 7.90. The third-order valence-corrected chi connectivity index (χ3v) is 6.12. The molecule has 0 bridgehead atoms. The van der Waals surface area contributed by atoms with Crippen LogP contribution < -0.4 is 15.2 Å². The summed E-state index contributed by atoms with van der Waals surface area (Å²) in [7, 11) is -7.88. The fourth-order valence-corrected chi connectivity index (χ4v) is 4.01. The lowest BCUT2D eigenvalue weighted by atomic mass is 10.3. The molecule has 0 saturated heterocycles. The maximum Gasteiger partial charge on any atom is 0.273 e. The van der Waals surface area contributed by atoms with Crippen molar-refractivity contribution in [1.29, 1.82) is 0 Å². The van der Waals surface area contributed by atoms with Crippen LogP contribution in [0.3, 0.4) is 0 Å². The van der Waals surface area contributed by atoms with Gasteiger partial charge in [-0.2, -0.15) is 0 Å². The summed E-state index contributed by atoms with van der Waals surface area (Å²) in [5.74, 6) is -3.36. The molecule has 7 nitrogen and oxygen atoms in total. The van der Waals surface area contributed by atoms with Gasteiger partial charge in [-0.3, -0.25) is 0 Å². The van der Waals surface area contributed by atoms with Gasteiger partial charge >= 0.3 is 0 Å². The summed E-state index contributed by atoms with van der Waals surface area (Å²) in [6.07, 6.45) is 1.54. The first-order valence-corrected chi connectivity index (χ1v) is 9.72. The summed E-state index contributed by atoms with van der Waals surface area (Å²) in [5.41, 5.74) is 4.83. The molecule has 0 spiro atoms. The van der Waals surface area contributed by atoms with Gasteiger partial charge in [-0.15, -0.1) is 12.4 Å². The van der Waals surface area contributed by atoms with E-state index in [4.69, 9.17) is 5.73 Å². The molecular weight excluding hydrogens is 388 g/mol. The first kappa shape index (κ1) is 21.2. The van der Waals surface area contributed by atoms with E-state index in [0.29, 0.717) is 0 Å². The number of rotatable bonds is 8. The van der Waals surface area contributed by atoms with Gasteiger partial charge in [0.15, 0.2) is 0 Å². The molecule has 0 amide bonds. The van der Waals surface area contributed by atoms with E-state index in [2.05, 4.69) is 4.72 Å². The molecule has 2 rings (SSSR count). The van der Waals surface area contributed by atoms with Crippen LogP contribution in [0, 0.1) is 0 Å². The quantitative estimate of drug-likeness (QED) is 0.579. The monoisotopic (exact) mass is 405 g/mol. The summed E-state index contributed by atoms with van der Waals surface area (Å²) in [4.78, 5) is -0.397. The molecule has 0 heterocycles. The van der Waals surface area contributed by atoms with Crippen LogP contribution in [-0.2, 0) is 20.0 Å². The highest BCUT2D eigenvalue weighted by Crippen LogP contribution is 2.23. The predicted octanol–water partition coefficient (Wildman–Crippen LogP) is 0.421. The lowest BCUT2D eigenvalue weighted by Crippen LogP contribution is -2.41.